The first-order valence-corrected chi connectivity index (χ1v) is 8.51. The van der Waals surface area contributed by atoms with Crippen molar-refractivity contribution in [2.75, 3.05) is 13.7 Å². The molecular formula is C18H24N4O3. The highest BCUT2D eigenvalue weighted by atomic mass is 16.5. The van der Waals surface area contributed by atoms with E-state index < -0.39 is 5.60 Å². The molecule has 0 bridgehead atoms. The van der Waals surface area contributed by atoms with Gasteiger partial charge in [0.25, 0.3) is 0 Å². The molecule has 1 aromatic heterocycles. The van der Waals surface area contributed by atoms with Gasteiger partial charge in [-0.1, -0.05) is 12.1 Å². The number of carbonyl (C=O) groups excluding carboxylic acids is 1. The van der Waals surface area contributed by atoms with Crippen molar-refractivity contribution in [1.82, 2.24) is 19.7 Å². The number of aliphatic hydroxyl groups is 1. The summed E-state index contributed by atoms with van der Waals surface area (Å²) < 4.78 is 6.82. The van der Waals surface area contributed by atoms with Crippen LogP contribution in [-0.4, -0.2) is 50.4 Å². The summed E-state index contributed by atoms with van der Waals surface area (Å²) in [5.41, 5.74) is -0.319. The van der Waals surface area contributed by atoms with Gasteiger partial charge >= 0.3 is 0 Å². The molecule has 7 nitrogen and oxygen atoms in total. The zero-order valence-electron chi connectivity index (χ0n) is 14.6. The van der Waals surface area contributed by atoms with E-state index >= 15 is 0 Å². The maximum Gasteiger partial charge on any atom is 0.224 e. The van der Waals surface area contributed by atoms with Crippen molar-refractivity contribution in [3.05, 3.63) is 42.5 Å². The average molecular weight is 344 g/mol. The Morgan fingerprint density at radius 3 is 2.80 bits per heavy atom. The molecule has 1 aliphatic rings. The summed E-state index contributed by atoms with van der Waals surface area (Å²) in [6.07, 6.45) is 5.08. The minimum absolute atomic E-state index is 0.0341. The fourth-order valence-electron chi connectivity index (χ4n) is 3.47. The third-order valence-corrected chi connectivity index (χ3v) is 4.92. The van der Waals surface area contributed by atoms with Gasteiger partial charge in [-0.05, 0) is 37.5 Å². The Bertz CT molecular complexity index is 698. The molecule has 0 unspecified atom stereocenters. The highest BCUT2D eigenvalue weighted by Gasteiger charge is 2.42. The van der Waals surface area contributed by atoms with Crippen molar-refractivity contribution in [1.29, 1.82) is 0 Å². The number of carbonyl (C=O) groups is 1. The van der Waals surface area contributed by atoms with Gasteiger partial charge in [-0.25, -0.2) is 4.98 Å². The van der Waals surface area contributed by atoms with Gasteiger partial charge in [0.2, 0.25) is 5.91 Å². The van der Waals surface area contributed by atoms with Gasteiger partial charge in [0.15, 0.2) is 0 Å². The summed E-state index contributed by atoms with van der Waals surface area (Å²) in [4.78, 5) is 18.4. The van der Waals surface area contributed by atoms with E-state index in [1.54, 1.807) is 29.9 Å². The molecule has 1 amide bonds. The first kappa shape index (κ1) is 17.4. The van der Waals surface area contributed by atoms with E-state index in [0.29, 0.717) is 19.5 Å². The summed E-state index contributed by atoms with van der Waals surface area (Å²) in [5.74, 6) is 0.776. The van der Waals surface area contributed by atoms with Gasteiger partial charge in [0.05, 0.1) is 19.7 Å². The molecule has 0 aliphatic carbocycles. The van der Waals surface area contributed by atoms with Gasteiger partial charge in [-0.2, -0.15) is 5.10 Å². The van der Waals surface area contributed by atoms with Gasteiger partial charge in [0.1, 0.15) is 24.0 Å². The fourth-order valence-corrected chi connectivity index (χ4v) is 3.47. The molecule has 2 aromatic rings. The first-order valence-electron chi connectivity index (χ1n) is 8.51. The third-order valence-electron chi connectivity index (χ3n) is 4.92. The molecular weight excluding hydrogens is 320 g/mol. The molecule has 3 rings (SSSR count). The van der Waals surface area contributed by atoms with Crippen LogP contribution in [0.2, 0.25) is 0 Å². The molecule has 2 atom stereocenters. The van der Waals surface area contributed by atoms with Crippen LogP contribution in [0.15, 0.2) is 36.9 Å². The first-order chi connectivity index (χ1) is 12.0. The predicted molar refractivity (Wildman–Crippen MR) is 91.9 cm³/mol. The highest BCUT2D eigenvalue weighted by molar-refractivity contribution is 5.77. The largest absolute Gasteiger partial charge is 0.497 e. The second-order valence-corrected chi connectivity index (χ2v) is 6.53. The smallest absolute Gasteiger partial charge is 0.224 e. The number of hydrogen-bond donors (Lipinski definition) is 1. The summed E-state index contributed by atoms with van der Waals surface area (Å²) in [7, 11) is 1.61. The molecule has 1 aliphatic heterocycles. The van der Waals surface area contributed by atoms with Crippen LogP contribution in [0.4, 0.5) is 0 Å². The molecule has 1 fully saturated rings. The lowest BCUT2D eigenvalue weighted by Gasteiger charge is -2.37. The van der Waals surface area contributed by atoms with Crippen molar-refractivity contribution in [2.24, 2.45) is 0 Å². The number of aryl methyl sites for hydroxylation is 1. The number of rotatable bonds is 6. The monoisotopic (exact) mass is 344 g/mol. The van der Waals surface area contributed by atoms with E-state index in [2.05, 4.69) is 10.1 Å². The lowest BCUT2D eigenvalue weighted by atomic mass is 9.86. The van der Waals surface area contributed by atoms with E-state index in [-0.39, 0.29) is 11.9 Å². The zero-order valence-corrected chi connectivity index (χ0v) is 14.6. The average Bonchev–Trinajstić information content (AvgIpc) is 3.31. The second kappa shape index (κ2) is 7.23. The van der Waals surface area contributed by atoms with E-state index in [9.17, 15) is 9.90 Å². The summed E-state index contributed by atoms with van der Waals surface area (Å²) in [6, 6.07) is 7.14. The Balaban J connectivity index is 1.71. The van der Waals surface area contributed by atoms with Crippen LogP contribution in [0, 0.1) is 0 Å². The number of ether oxygens (including phenoxy) is 1. The Morgan fingerprint density at radius 2 is 2.16 bits per heavy atom. The Hall–Kier alpha value is -2.41. The number of aromatic nitrogens is 3. The Labute approximate surface area is 147 Å². The van der Waals surface area contributed by atoms with E-state index in [4.69, 9.17) is 4.74 Å². The van der Waals surface area contributed by atoms with Crippen LogP contribution in [0.25, 0.3) is 0 Å². The van der Waals surface area contributed by atoms with Crippen molar-refractivity contribution in [3.8, 4) is 5.75 Å². The third kappa shape index (κ3) is 3.66. The number of benzene rings is 1. The molecule has 1 aromatic carbocycles. The van der Waals surface area contributed by atoms with Crippen LogP contribution in [0.5, 0.6) is 5.75 Å². The van der Waals surface area contributed by atoms with Gasteiger partial charge < -0.3 is 14.7 Å². The molecule has 0 spiro atoms. The molecule has 2 heterocycles. The van der Waals surface area contributed by atoms with E-state index in [0.717, 1.165) is 24.2 Å². The van der Waals surface area contributed by atoms with Gasteiger partial charge in [-0.15, -0.1) is 0 Å². The quantitative estimate of drug-likeness (QED) is 0.860. The number of likely N-dealkylation sites (tertiary alicyclic amines) is 1. The molecule has 25 heavy (non-hydrogen) atoms. The normalized spacial score (nSPS) is 19.6. The van der Waals surface area contributed by atoms with Gasteiger partial charge in [0, 0.05) is 13.0 Å². The van der Waals surface area contributed by atoms with Crippen molar-refractivity contribution < 1.29 is 14.6 Å². The number of nitrogens with zero attached hydrogens (tertiary/aromatic N) is 4. The Kier molecular flexibility index (Phi) is 5.03. The molecule has 1 N–H and O–H groups in total. The van der Waals surface area contributed by atoms with Crippen LogP contribution in [0.1, 0.15) is 31.7 Å². The lowest BCUT2D eigenvalue weighted by Crippen LogP contribution is -2.48. The molecule has 7 heteroatoms. The number of hydrogen-bond acceptors (Lipinski definition) is 5. The maximum atomic E-state index is 12.7. The highest BCUT2D eigenvalue weighted by Crippen LogP contribution is 2.35. The lowest BCUT2D eigenvalue weighted by molar-refractivity contribution is -0.138. The minimum atomic E-state index is -1.11. The van der Waals surface area contributed by atoms with Crippen molar-refractivity contribution >= 4 is 5.91 Å². The van der Waals surface area contributed by atoms with Crippen LogP contribution < -0.4 is 4.74 Å². The summed E-state index contributed by atoms with van der Waals surface area (Å²) >= 11 is 0. The maximum absolute atomic E-state index is 12.7. The van der Waals surface area contributed by atoms with Crippen LogP contribution in [-0.2, 0) is 16.9 Å². The van der Waals surface area contributed by atoms with Crippen molar-refractivity contribution in [2.45, 2.75) is 44.4 Å². The van der Waals surface area contributed by atoms with E-state index in [1.165, 1.54) is 6.33 Å². The van der Waals surface area contributed by atoms with Crippen molar-refractivity contribution in [3.63, 3.8) is 0 Å². The Morgan fingerprint density at radius 1 is 1.40 bits per heavy atom. The molecule has 0 saturated carbocycles. The predicted octanol–water partition coefficient (Wildman–Crippen LogP) is 1.58. The van der Waals surface area contributed by atoms with Crippen LogP contribution >= 0.6 is 0 Å². The minimum Gasteiger partial charge on any atom is -0.497 e. The van der Waals surface area contributed by atoms with E-state index in [1.807, 2.05) is 24.3 Å². The number of amides is 1. The topological polar surface area (TPSA) is 80.5 Å². The summed E-state index contributed by atoms with van der Waals surface area (Å²) in [5, 5.41) is 15.2. The number of methoxy groups -OCH3 is 1. The molecule has 0 radical (unpaired) electrons. The SMILES string of the molecule is COc1ccc([C@](C)(O)[C@H]2CCCN2C(=O)CCn2cncn2)cc1. The molecule has 1 saturated heterocycles. The summed E-state index contributed by atoms with van der Waals surface area (Å²) in [6.45, 7) is 2.95. The van der Waals surface area contributed by atoms with Gasteiger partial charge in [-0.3, -0.25) is 9.48 Å². The zero-order chi connectivity index (χ0) is 17.9. The second-order valence-electron chi connectivity index (χ2n) is 6.53. The standard InChI is InChI=1S/C18H24N4O3/c1-18(24,14-5-7-15(25-2)8-6-14)16-4-3-10-22(16)17(23)9-11-21-13-19-12-20-21/h5-8,12-13,16,24H,3-4,9-11H2,1-2H3/t16-,18+/m1/s1. The van der Waals surface area contributed by atoms with Crippen LogP contribution in [0.3, 0.4) is 0 Å². The fraction of sp³-hybridized carbons (Fsp3) is 0.500. The molecule has 134 valence electrons.